The molecule has 0 aliphatic heterocycles. The predicted molar refractivity (Wildman–Crippen MR) is 82.7 cm³/mol. The highest BCUT2D eigenvalue weighted by molar-refractivity contribution is 7.80. The predicted octanol–water partition coefficient (Wildman–Crippen LogP) is 1.07. The van der Waals surface area contributed by atoms with Crippen LogP contribution in [0.1, 0.15) is 5.69 Å². The van der Waals surface area contributed by atoms with Gasteiger partial charge in [0.25, 0.3) is 0 Å². The molecule has 2 N–H and O–H groups in total. The van der Waals surface area contributed by atoms with Crippen molar-refractivity contribution in [1.82, 2.24) is 20.7 Å². The SMILES string of the molecule is COCCNC(=S)N/N=C\c1cnc2ccccc2n1. The standard InChI is InChI=1S/C13H15N5OS/c1-19-7-6-14-13(20)18-16-9-10-8-15-11-4-2-3-5-12(11)17-10/h2-5,8-9H,6-7H2,1H3,(H2,14,18,20)/b16-9-. The molecule has 0 fully saturated rings. The largest absolute Gasteiger partial charge is 0.383 e. The highest BCUT2D eigenvalue weighted by atomic mass is 32.1. The summed E-state index contributed by atoms with van der Waals surface area (Å²) in [6, 6.07) is 7.67. The van der Waals surface area contributed by atoms with Crippen LogP contribution in [0.15, 0.2) is 35.6 Å². The van der Waals surface area contributed by atoms with Crippen LogP contribution in [0.3, 0.4) is 0 Å². The minimum Gasteiger partial charge on any atom is -0.383 e. The summed E-state index contributed by atoms with van der Waals surface area (Å²) in [4.78, 5) is 8.71. The highest BCUT2D eigenvalue weighted by Gasteiger charge is 1.96. The molecule has 0 aliphatic carbocycles. The molecule has 20 heavy (non-hydrogen) atoms. The van der Waals surface area contributed by atoms with Gasteiger partial charge >= 0.3 is 0 Å². The fraction of sp³-hybridized carbons (Fsp3) is 0.231. The second-order valence-electron chi connectivity index (χ2n) is 3.90. The zero-order chi connectivity index (χ0) is 14.2. The average Bonchev–Trinajstić information content (AvgIpc) is 2.47. The Kier molecular flexibility index (Phi) is 5.33. The Labute approximate surface area is 122 Å². The molecule has 0 amide bonds. The quantitative estimate of drug-likeness (QED) is 0.371. The number of aromatic nitrogens is 2. The fourth-order valence-corrected chi connectivity index (χ4v) is 1.65. The van der Waals surface area contributed by atoms with E-state index in [4.69, 9.17) is 17.0 Å². The first-order valence-corrected chi connectivity index (χ1v) is 6.48. The number of thiocarbonyl (C=S) groups is 1. The zero-order valence-electron chi connectivity index (χ0n) is 11.0. The molecule has 0 spiro atoms. The van der Waals surface area contributed by atoms with Crippen LogP contribution in [0.25, 0.3) is 11.0 Å². The van der Waals surface area contributed by atoms with E-state index in [2.05, 4.69) is 25.8 Å². The van der Waals surface area contributed by atoms with E-state index in [1.165, 1.54) is 0 Å². The number of fused-ring (bicyclic) bond motifs is 1. The number of hydrogen-bond acceptors (Lipinski definition) is 5. The van der Waals surface area contributed by atoms with Crippen LogP contribution in [0.4, 0.5) is 0 Å². The molecule has 7 heteroatoms. The first-order valence-electron chi connectivity index (χ1n) is 6.07. The van der Waals surface area contributed by atoms with Crippen molar-refractivity contribution in [2.75, 3.05) is 20.3 Å². The van der Waals surface area contributed by atoms with Crippen LogP contribution in [-0.2, 0) is 4.74 Å². The number of rotatable bonds is 5. The van der Waals surface area contributed by atoms with Crippen molar-refractivity contribution < 1.29 is 4.74 Å². The molecule has 1 aromatic heterocycles. The summed E-state index contributed by atoms with van der Waals surface area (Å²) in [5.74, 6) is 0. The number of methoxy groups -OCH3 is 1. The highest BCUT2D eigenvalue weighted by Crippen LogP contribution is 2.07. The van der Waals surface area contributed by atoms with Crippen LogP contribution in [0.2, 0.25) is 0 Å². The van der Waals surface area contributed by atoms with E-state index in [-0.39, 0.29) is 0 Å². The lowest BCUT2D eigenvalue weighted by Crippen LogP contribution is -2.34. The summed E-state index contributed by atoms with van der Waals surface area (Å²) >= 11 is 5.03. The molecule has 2 rings (SSSR count). The van der Waals surface area contributed by atoms with Gasteiger partial charge in [-0.3, -0.25) is 10.4 Å². The number of benzene rings is 1. The minimum atomic E-state index is 0.437. The van der Waals surface area contributed by atoms with Gasteiger partial charge in [0.1, 0.15) is 5.69 Å². The van der Waals surface area contributed by atoms with Crippen LogP contribution < -0.4 is 10.7 Å². The molecule has 1 heterocycles. The van der Waals surface area contributed by atoms with E-state index < -0.39 is 0 Å². The summed E-state index contributed by atoms with van der Waals surface area (Å²) in [6.45, 7) is 1.22. The zero-order valence-corrected chi connectivity index (χ0v) is 11.9. The van der Waals surface area contributed by atoms with Gasteiger partial charge in [0.2, 0.25) is 0 Å². The lowest BCUT2D eigenvalue weighted by atomic mass is 10.3. The van der Waals surface area contributed by atoms with Gasteiger partial charge in [0.05, 0.1) is 30.1 Å². The lowest BCUT2D eigenvalue weighted by molar-refractivity contribution is 0.204. The summed E-state index contributed by atoms with van der Waals surface area (Å²) in [6.07, 6.45) is 3.23. The maximum atomic E-state index is 5.03. The normalized spacial score (nSPS) is 10.8. The lowest BCUT2D eigenvalue weighted by Gasteiger charge is -2.05. The molecule has 0 bridgehead atoms. The molecule has 0 radical (unpaired) electrons. The van der Waals surface area contributed by atoms with Crippen molar-refractivity contribution in [3.63, 3.8) is 0 Å². The number of hydrazone groups is 1. The second-order valence-corrected chi connectivity index (χ2v) is 4.31. The molecule has 0 atom stereocenters. The van der Waals surface area contributed by atoms with Crippen molar-refractivity contribution in [3.05, 3.63) is 36.2 Å². The topological polar surface area (TPSA) is 71.4 Å². The van der Waals surface area contributed by atoms with Crippen molar-refractivity contribution in [2.45, 2.75) is 0 Å². The number of nitrogens with one attached hydrogen (secondary N) is 2. The number of para-hydroxylation sites is 2. The van der Waals surface area contributed by atoms with Crippen molar-refractivity contribution in [3.8, 4) is 0 Å². The summed E-state index contributed by atoms with van der Waals surface area (Å²) in [5.41, 5.74) is 5.05. The van der Waals surface area contributed by atoms with Gasteiger partial charge in [0.15, 0.2) is 5.11 Å². The van der Waals surface area contributed by atoms with Gasteiger partial charge in [-0.1, -0.05) is 12.1 Å². The van der Waals surface area contributed by atoms with Crippen LogP contribution in [0, 0.1) is 0 Å². The van der Waals surface area contributed by atoms with Crippen molar-refractivity contribution >= 4 is 34.6 Å². The van der Waals surface area contributed by atoms with Gasteiger partial charge in [-0.25, -0.2) is 4.98 Å². The van der Waals surface area contributed by atoms with Gasteiger partial charge < -0.3 is 10.1 Å². The first kappa shape index (κ1) is 14.3. The monoisotopic (exact) mass is 289 g/mol. The maximum Gasteiger partial charge on any atom is 0.187 e. The molecule has 6 nitrogen and oxygen atoms in total. The van der Waals surface area contributed by atoms with E-state index in [0.29, 0.717) is 24.0 Å². The van der Waals surface area contributed by atoms with Crippen molar-refractivity contribution in [1.29, 1.82) is 0 Å². The fourth-order valence-electron chi connectivity index (χ4n) is 1.50. The van der Waals surface area contributed by atoms with Gasteiger partial charge in [-0.05, 0) is 24.4 Å². The van der Waals surface area contributed by atoms with E-state index in [0.717, 1.165) is 11.0 Å². The third-order valence-electron chi connectivity index (χ3n) is 2.42. The van der Waals surface area contributed by atoms with Gasteiger partial charge in [-0.2, -0.15) is 5.10 Å². The number of hydrogen-bond donors (Lipinski definition) is 2. The Bertz CT molecular complexity index is 616. The van der Waals surface area contributed by atoms with Crippen LogP contribution in [-0.4, -0.2) is 41.6 Å². The Morgan fingerprint density at radius 2 is 2.20 bits per heavy atom. The summed E-state index contributed by atoms with van der Waals surface area (Å²) in [5, 5.41) is 7.39. The third-order valence-corrected chi connectivity index (χ3v) is 2.66. The number of nitrogens with zero attached hydrogens (tertiary/aromatic N) is 3. The van der Waals surface area contributed by atoms with E-state index in [1.807, 2.05) is 24.3 Å². The Hall–Kier alpha value is -2.12. The second kappa shape index (κ2) is 7.46. The van der Waals surface area contributed by atoms with Crippen LogP contribution >= 0.6 is 12.2 Å². The van der Waals surface area contributed by atoms with Crippen LogP contribution in [0.5, 0.6) is 0 Å². The molecule has 0 saturated carbocycles. The maximum absolute atomic E-state index is 5.03. The molecular weight excluding hydrogens is 274 g/mol. The van der Waals surface area contributed by atoms with Crippen molar-refractivity contribution in [2.24, 2.45) is 5.10 Å². The molecule has 0 unspecified atom stereocenters. The van der Waals surface area contributed by atoms with E-state index in [1.54, 1.807) is 19.5 Å². The Balaban J connectivity index is 1.91. The van der Waals surface area contributed by atoms with E-state index in [9.17, 15) is 0 Å². The Morgan fingerprint density at radius 3 is 3.00 bits per heavy atom. The first-order chi connectivity index (χ1) is 9.79. The number of ether oxygens (including phenoxy) is 1. The molecular formula is C13H15N5OS. The summed E-state index contributed by atoms with van der Waals surface area (Å²) in [7, 11) is 1.63. The smallest absolute Gasteiger partial charge is 0.187 e. The average molecular weight is 289 g/mol. The molecule has 104 valence electrons. The third kappa shape index (κ3) is 4.22. The minimum absolute atomic E-state index is 0.437. The molecule has 0 aliphatic rings. The Morgan fingerprint density at radius 1 is 1.40 bits per heavy atom. The molecule has 1 aromatic carbocycles. The van der Waals surface area contributed by atoms with Gasteiger partial charge in [-0.15, -0.1) is 0 Å². The summed E-state index contributed by atoms with van der Waals surface area (Å²) < 4.78 is 4.90. The molecule has 2 aromatic rings. The van der Waals surface area contributed by atoms with E-state index >= 15 is 0 Å². The molecule has 0 saturated heterocycles. The van der Waals surface area contributed by atoms with Gasteiger partial charge in [0, 0.05) is 13.7 Å².